The first-order valence-electron chi connectivity index (χ1n) is 8.61. The normalized spacial score (nSPS) is 11.3. The van der Waals surface area contributed by atoms with Crippen molar-refractivity contribution in [1.29, 1.82) is 0 Å². The summed E-state index contributed by atoms with van der Waals surface area (Å²) in [5.74, 6) is -1.36. The molecule has 29 heavy (non-hydrogen) atoms. The number of anilines is 1. The number of ether oxygens (including phenoxy) is 1. The predicted octanol–water partition coefficient (Wildman–Crippen LogP) is 2.29. The minimum absolute atomic E-state index is 0.000661. The highest BCUT2D eigenvalue weighted by atomic mass is 32.2. The fourth-order valence-corrected chi connectivity index (χ4v) is 3.73. The lowest BCUT2D eigenvalue weighted by Gasteiger charge is -2.11. The van der Waals surface area contributed by atoms with E-state index in [9.17, 15) is 18.0 Å². The number of pyridine rings is 1. The highest BCUT2D eigenvalue weighted by Crippen LogP contribution is 2.22. The first kappa shape index (κ1) is 20.4. The van der Waals surface area contributed by atoms with Crippen molar-refractivity contribution in [2.75, 3.05) is 11.9 Å². The number of nitrogens with one attached hydrogen (secondary N) is 1. The number of esters is 1. The molecule has 1 amide bonds. The Morgan fingerprint density at radius 1 is 1.14 bits per heavy atom. The van der Waals surface area contributed by atoms with E-state index in [4.69, 9.17) is 9.88 Å². The van der Waals surface area contributed by atoms with Crippen LogP contribution in [0.1, 0.15) is 21.5 Å². The van der Waals surface area contributed by atoms with Crippen molar-refractivity contribution in [2.45, 2.75) is 18.7 Å². The molecule has 0 aliphatic rings. The number of fused-ring (bicyclic) bond motifs is 1. The molecule has 3 aromatic rings. The SMILES string of the molecule is Cc1cc(C(=O)OCC(=O)Nc2cccc3ncccc23)cc(S(N)(=O)=O)c1C. The molecular weight excluding hydrogens is 394 g/mol. The second-order valence-corrected chi connectivity index (χ2v) is 7.99. The number of carbonyl (C=O) groups excluding carboxylic acids is 2. The summed E-state index contributed by atoms with van der Waals surface area (Å²) in [6.45, 7) is 2.71. The Kier molecular flexibility index (Phi) is 5.62. The van der Waals surface area contributed by atoms with Gasteiger partial charge in [-0.2, -0.15) is 0 Å². The molecule has 3 rings (SSSR count). The molecule has 0 spiro atoms. The van der Waals surface area contributed by atoms with Crippen molar-refractivity contribution >= 4 is 38.5 Å². The van der Waals surface area contributed by atoms with Crippen LogP contribution < -0.4 is 10.5 Å². The Labute approximate surface area is 167 Å². The van der Waals surface area contributed by atoms with Gasteiger partial charge in [-0.15, -0.1) is 0 Å². The second-order valence-electron chi connectivity index (χ2n) is 6.46. The van der Waals surface area contributed by atoms with E-state index in [1.807, 2.05) is 12.1 Å². The highest BCUT2D eigenvalue weighted by molar-refractivity contribution is 7.89. The van der Waals surface area contributed by atoms with Crippen LogP contribution in [0, 0.1) is 13.8 Å². The van der Waals surface area contributed by atoms with E-state index >= 15 is 0 Å². The molecule has 2 aromatic carbocycles. The number of sulfonamides is 1. The molecular formula is C20H19N3O5S. The van der Waals surface area contributed by atoms with Gasteiger partial charge in [0.1, 0.15) is 0 Å². The molecule has 1 heterocycles. The maximum Gasteiger partial charge on any atom is 0.338 e. The minimum atomic E-state index is -4.00. The van der Waals surface area contributed by atoms with Crippen molar-refractivity contribution in [1.82, 2.24) is 4.98 Å². The minimum Gasteiger partial charge on any atom is -0.452 e. The lowest BCUT2D eigenvalue weighted by molar-refractivity contribution is -0.119. The summed E-state index contributed by atoms with van der Waals surface area (Å²) in [6.07, 6.45) is 1.65. The summed E-state index contributed by atoms with van der Waals surface area (Å²) in [5, 5.41) is 8.63. The fraction of sp³-hybridized carbons (Fsp3) is 0.150. The van der Waals surface area contributed by atoms with E-state index in [0.717, 1.165) is 11.5 Å². The quantitative estimate of drug-likeness (QED) is 0.618. The molecule has 8 nitrogen and oxygen atoms in total. The molecule has 0 aliphatic heterocycles. The van der Waals surface area contributed by atoms with E-state index < -0.39 is 28.5 Å². The number of benzene rings is 2. The number of hydrogen-bond donors (Lipinski definition) is 2. The van der Waals surface area contributed by atoms with Crippen molar-refractivity contribution < 1.29 is 22.7 Å². The second kappa shape index (κ2) is 7.98. The van der Waals surface area contributed by atoms with Crippen LogP contribution in [0.15, 0.2) is 53.6 Å². The Balaban J connectivity index is 1.72. The van der Waals surface area contributed by atoms with Crippen LogP contribution in [-0.4, -0.2) is 31.9 Å². The smallest absolute Gasteiger partial charge is 0.338 e. The molecule has 3 N–H and O–H groups in total. The maximum atomic E-state index is 12.3. The molecule has 0 aliphatic carbocycles. The van der Waals surface area contributed by atoms with Crippen LogP contribution in [0.4, 0.5) is 5.69 Å². The third kappa shape index (κ3) is 4.58. The topological polar surface area (TPSA) is 128 Å². The van der Waals surface area contributed by atoms with Crippen molar-refractivity contribution in [3.63, 3.8) is 0 Å². The van der Waals surface area contributed by atoms with Gasteiger partial charge in [0.05, 0.1) is 21.7 Å². The van der Waals surface area contributed by atoms with Gasteiger partial charge in [0.15, 0.2) is 6.61 Å². The van der Waals surface area contributed by atoms with Crippen molar-refractivity contribution in [3.8, 4) is 0 Å². The van der Waals surface area contributed by atoms with Crippen LogP contribution in [0.5, 0.6) is 0 Å². The van der Waals surface area contributed by atoms with Crippen LogP contribution in [-0.2, 0) is 19.6 Å². The molecule has 0 bridgehead atoms. The van der Waals surface area contributed by atoms with Gasteiger partial charge < -0.3 is 10.1 Å². The number of nitrogens with two attached hydrogens (primary N) is 1. The van der Waals surface area contributed by atoms with Gasteiger partial charge in [0, 0.05) is 11.6 Å². The number of carbonyl (C=O) groups is 2. The summed E-state index contributed by atoms with van der Waals surface area (Å²) in [7, 11) is -4.00. The molecule has 1 aromatic heterocycles. The maximum absolute atomic E-state index is 12.3. The van der Waals surface area contributed by atoms with E-state index in [1.165, 1.54) is 6.07 Å². The van der Waals surface area contributed by atoms with Crippen LogP contribution in [0.3, 0.4) is 0 Å². The summed E-state index contributed by atoms with van der Waals surface area (Å²) < 4.78 is 28.5. The predicted molar refractivity (Wildman–Crippen MR) is 108 cm³/mol. The Bertz CT molecular complexity index is 1220. The molecule has 0 radical (unpaired) electrons. The zero-order chi connectivity index (χ0) is 21.2. The molecule has 0 saturated heterocycles. The van der Waals surface area contributed by atoms with Gasteiger partial charge >= 0.3 is 5.97 Å². The molecule has 150 valence electrons. The summed E-state index contributed by atoms with van der Waals surface area (Å²) in [4.78, 5) is 28.6. The molecule has 0 saturated carbocycles. The fourth-order valence-electron chi connectivity index (χ4n) is 2.85. The third-order valence-electron chi connectivity index (χ3n) is 4.42. The first-order valence-corrected chi connectivity index (χ1v) is 10.2. The van der Waals surface area contributed by atoms with Gasteiger partial charge in [0.2, 0.25) is 10.0 Å². The molecule has 0 fully saturated rings. The van der Waals surface area contributed by atoms with Crippen LogP contribution >= 0.6 is 0 Å². The molecule has 9 heteroatoms. The number of hydrogen-bond acceptors (Lipinski definition) is 6. The number of amides is 1. The Morgan fingerprint density at radius 2 is 1.90 bits per heavy atom. The zero-order valence-corrected chi connectivity index (χ0v) is 16.6. The number of aromatic nitrogens is 1. The third-order valence-corrected chi connectivity index (χ3v) is 5.45. The lowest BCUT2D eigenvalue weighted by Crippen LogP contribution is -2.21. The van der Waals surface area contributed by atoms with Gasteiger partial charge in [-0.1, -0.05) is 6.07 Å². The zero-order valence-electron chi connectivity index (χ0n) is 15.8. The van der Waals surface area contributed by atoms with Crippen LogP contribution in [0.25, 0.3) is 10.9 Å². The van der Waals surface area contributed by atoms with Gasteiger partial charge in [-0.05, 0) is 61.4 Å². The highest BCUT2D eigenvalue weighted by Gasteiger charge is 2.19. The average molecular weight is 413 g/mol. The lowest BCUT2D eigenvalue weighted by atomic mass is 10.1. The van der Waals surface area contributed by atoms with Crippen molar-refractivity contribution in [3.05, 3.63) is 65.4 Å². The number of rotatable bonds is 5. The average Bonchev–Trinajstić information content (AvgIpc) is 2.67. The largest absolute Gasteiger partial charge is 0.452 e. The summed E-state index contributed by atoms with van der Waals surface area (Å²) in [6, 6.07) is 11.5. The number of primary sulfonamides is 1. The van der Waals surface area contributed by atoms with Gasteiger partial charge in [-0.3, -0.25) is 9.78 Å². The molecule has 0 unspecified atom stereocenters. The van der Waals surface area contributed by atoms with Gasteiger partial charge in [0.25, 0.3) is 5.91 Å². The Hall–Kier alpha value is -3.30. The standard InChI is InChI=1S/C20H19N3O5S/c1-12-9-14(10-18(13(12)2)29(21,26)27)20(25)28-11-19(24)23-17-7-3-6-16-15(17)5-4-8-22-16/h3-10H,11H2,1-2H3,(H,23,24)(H2,21,26,27). The Morgan fingerprint density at radius 3 is 2.62 bits per heavy atom. The number of aryl methyl sites for hydroxylation is 1. The van der Waals surface area contributed by atoms with E-state index in [-0.39, 0.29) is 10.5 Å². The van der Waals surface area contributed by atoms with E-state index in [0.29, 0.717) is 22.3 Å². The molecule has 0 atom stereocenters. The summed E-state index contributed by atoms with van der Waals surface area (Å²) in [5.41, 5.74) is 2.27. The van der Waals surface area contributed by atoms with Gasteiger partial charge in [-0.25, -0.2) is 18.4 Å². The van der Waals surface area contributed by atoms with Crippen LogP contribution in [0.2, 0.25) is 0 Å². The van der Waals surface area contributed by atoms with E-state index in [1.54, 1.807) is 38.2 Å². The summed E-state index contributed by atoms with van der Waals surface area (Å²) >= 11 is 0. The first-order chi connectivity index (χ1) is 13.7. The van der Waals surface area contributed by atoms with Crippen molar-refractivity contribution in [2.24, 2.45) is 5.14 Å². The monoisotopic (exact) mass is 413 g/mol. The number of nitrogens with zero attached hydrogens (tertiary/aromatic N) is 1. The van der Waals surface area contributed by atoms with E-state index in [2.05, 4.69) is 10.3 Å².